The lowest BCUT2D eigenvalue weighted by Gasteiger charge is -2.14. The summed E-state index contributed by atoms with van der Waals surface area (Å²) in [6.45, 7) is 0. The van der Waals surface area contributed by atoms with E-state index < -0.39 is 0 Å². The van der Waals surface area contributed by atoms with Crippen LogP contribution in [-0.4, -0.2) is 23.0 Å². The minimum Gasteiger partial charge on any atom is -0.360 e. The van der Waals surface area contributed by atoms with Gasteiger partial charge in [0.2, 0.25) is 5.91 Å². The topological polar surface area (TPSA) is 86.3 Å². The van der Waals surface area contributed by atoms with Crippen LogP contribution in [0.25, 0.3) is 10.9 Å². The Morgan fingerprint density at radius 2 is 2.00 bits per heavy atom. The highest BCUT2D eigenvalue weighted by Gasteiger charge is 2.38. The normalized spacial score (nSPS) is 26.1. The Labute approximate surface area is 157 Å². The summed E-state index contributed by atoms with van der Waals surface area (Å²) in [6.07, 6.45) is 11.6. The molecular formula is C21H24N4O2. The molecule has 2 heterocycles. The molecule has 2 fully saturated rings. The van der Waals surface area contributed by atoms with E-state index in [1.807, 2.05) is 12.3 Å². The maximum absolute atomic E-state index is 12.5. The Balaban J connectivity index is 1.26. The van der Waals surface area contributed by atoms with Crippen molar-refractivity contribution in [3.8, 4) is 0 Å². The third kappa shape index (κ3) is 3.24. The number of hydrogen-bond acceptors (Lipinski definition) is 3. The number of hydrogen-bond donors (Lipinski definition) is 3. The first-order valence-corrected chi connectivity index (χ1v) is 9.96. The summed E-state index contributed by atoms with van der Waals surface area (Å²) in [6, 6.07) is 3.62. The number of carbonyl (C=O) groups is 2. The van der Waals surface area contributed by atoms with Crippen molar-refractivity contribution >= 4 is 34.6 Å². The van der Waals surface area contributed by atoms with Crippen LogP contribution in [0.4, 0.5) is 5.69 Å². The molecule has 3 aliphatic rings. The lowest BCUT2D eigenvalue weighted by atomic mass is 9.93. The first kappa shape index (κ1) is 16.5. The zero-order valence-electron chi connectivity index (χ0n) is 15.3. The van der Waals surface area contributed by atoms with Crippen LogP contribution in [0.5, 0.6) is 0 Å². The van der Waals surface area contributed by atoms with E-state index in [-0.39, 0.29) is 11.8 Å². The molecule has 0 saturated heterocycles. The Bertz CT molecular complexity index is 933. The molecule has 2 saturated carbocycles. The Morgan fingerprint density at radius 1 is 1.19 bits per heavy atom. The fourth-order valence-corrected chi connectivity index (χ4v) is 4.78. The van der Waals surface area contributed by atoms with Gasteiger partial charge in [-0.05, 0) is 55.6 Å². The van der Waals surface area contributed by atoms with Crippen molar-refractivity contribution in [2.45, 2.75) is 44.9 Å². The molecule has 2 aromatic rings. The minimum atomic E-state index is -0.261. The van der Waals surface area contributed by atoms with Crippen LogP contribution in [0.3, 0.4) is 0 Å². The first-order valence-electron chi connectivity index (χ1n) is 9.96. The molecule has 1 aromatic heterocycles. The monoisotopic (exact) mass is 364 g/mol. The lowest BCUT2D eigenvalue weighted by molar-refractivity contribution is -0.116. The quantitative estimate of drug-likeness (QED) is 0.771. The van der Waals surface area contributed by atoms with Crippen molar-refractivity contribution in [2.24, 2.45) is 22.9 Å². The van der Waals surface area contributed by atoms with Crippen LogP contribution in [-0.2, 0) is 4.79 Å². The number of rotatable bonds is 4. The van der Waals surface area contributed by atoms with E-state index in [2.05, 4.69) is 20.8 Å². The number of aromatic nitrogens is 1. The number of benzene rings is 1. The second-order valence-electron chi connectivity index (χ2n) is 8.25. The molecule has 0 radical (unpaired) electrons. The van der Waals surface area contributed by atoms with Gasteiger partial charge in [0.25, 0.3) is 5.91 Å². The van der Waals surface area contributed by atoms with Crippen molar-refractivity contribution in [1.29, 1.82) is 0 Å². The zero-order chi connectivity index (χ0) is 18.4. The van der Waals surface area contributed by atoms with E-state index >= 15 is 0 Å². The van der Waals surface area contributed by atoms with Crippen LogP contribution >= 0.6 is 0 Å². The molecule has 1 aromatic carbocycles. The van der Waals surface area contributed by atoms with Crippen LogP contribution < -0.4 is 10.7 Å². The van der Waals surface area contributed by atoms with Gasteiger partial charge in [-0.2, -0.15) is 5.10 Å². The van der Waals surface area contributed by atoms with E-state index in [9.17, 15) is 9.59 Å². The maximum Gasteiger partial charge on any atom is 0.272 e. The van der Waals surface area contributed by atoms with Crippen molar-refractivity contribution in [2.75, 3.05) is 5.32 Å². The summed E-state index contributed by atoms with van der Waals surface area (Å²) in [5.74, 6) is 2.41. The third-order valence-corrected chi connectivity index (χ3v) is 6.45. The van der Waals surface area contributed by atoms with Crippen LogP contribution in [0.2, 0.25) is 0 Å². The van der Waals surface area contributed by atoms with Gasteiger partial charge in [0, 0.05) is 34.8 Å². The predicted molar refractivity (Wildman–Crippen MR) is 105 cm³/mol. The Kier molecular flexibility index (Phi) is 3.99. The lowest BCUT2D eigenvalue weighted by Crippen LogP contribution is -2.17. The van der Waals surface area contributed by atoms with Gasteiger partial charge in [-0.1, -0.05) is 12.8 Å². The molecule has 2 amide bonds. The molecule has 3 N–H and O–H groups in total. The molecule has 27 heavy (non-hydrogen) atoms. The summed E-state index contributed by atoms with van der Waals surface area (Å²) < 4.78 is 0. The Hall–Kier alpha value is -2.63. The van der Waals surface area contributed by atoms with Crippen LogP contribution in [0, 0.1) is 17.8 Å². The van der Waals surface area contributed by atoms with E-state index in [1.165, 1.54) is 32.1 Å². The molecule has 6 heteroatoms. The van der Waals surface area contributed by atoms with Gasteiger partial charge in [-0.3, -0.25) is 9.59 Å². The second-order valence-corrected chi connectivity index (χ2v) is 8.25. The van der Waals surface area contributed by atoms with E-state index in [1.54, 1.807) is 12.3 Å². The summed E-state index contributed by atoms with van der Waals surface area (Å²) in [4.78, 5) is 27.9. The number of hydrazone groups is 1. The molecule has 140 valence electrons. The van der Waals surface area contributed by atoms with Crippen LogP contribution in [0.15, 0.2) is 23.4 Å². The molecule has 0 bridgehead atoms. The second kappa shape index (κ2) is 6.51. The van der Waals surface area contributed by atoms with E-state index in [4.69, 9.17) is 0 Å². The summed E-state index contributed by atoms with van der Waals surface area (Å²) in [5.41, 5.74) is 5.37. The van der Waals surface area contributed by atoms with E-state index in [0.29, 0.717) is 23.6 Å². The number of aromatic amines is 1. The SMILES string of the molecule is O=C(CCC1CCC2C[C@@H]2CC1)Nc1cc2c3c(c[nH]c3c1)C=NNC2=O. The van der Waals surface area contributed by atoms with Crippen molar-refractivity contribution < 1.29 is 9.59 Å². The summed E-state index contributed by atoms with van der Waals surface area (Å²) in [5, 5.41) is 7.73. The molecule has 0 spiro atoms. The zero-order valence-corrected chi connectivity index (χ0v) is 15.3. The van der Waals surface area contributed by atoms with E-state index in [0.717, 1.165) is 34.7 Å². The molecule has 1 aliphatic heterocycles. The standard InChI is InChI=1S/C21H24N4O2/c26-19(6-3-12-1-4-13-7-14(13)5-2-12)24-16-8-17-20-15(10-22-18(20)9-16)11-23-25-21(17)27/h8-14,22H,1-7H2,(H,24,26)(H,25,27)/t12?,13-,14?/m0/s1. The molecule has 6 nitrogen and oxygen atoms in total. The van der Waals surface area contributed by atoms with Gasteiger partial charge in [0.1, 0.15) is 0 Å². The van der Waals surface area contributed by atoms with Crippen LogP contribution in [0.1, 0.15) is 60.9 Å². The number of fused-ring (bicyclic) bond motifs is 1. The average Bonchev–Trinajstić information content (AvgIpc) is 3.35. The number of nitrogens with one attached hydrogen (secondary N) is 3. The third-order valence-electron chi connectivity index (χ3n) is 6.45. The molecule has 5 rings (SSSR count). The maximum atomic E-state index is 12.5. The number of anilines is 1. The van der Waals surface area contributed by atoms with Gasteiger partial charge < -0.3 is 10.3 Å². The highest BCUT2D eigenvalue weighted by Crippen LogP contribution is 2.49. The average molecular weight is 364 g/mol. The van der Waals surface area contributed by atoms with Gasteiger partial charge in [0.15, 0.2) is 0 Å². The number of carbonyl (C=O) groups excluding carboxylic acids is 2. The number of H-pyrrole nitrogens is 1. The highest BCUT2D eigenvalue weighted by atomic mass is 16.2. The molecule has 2 aliphatic carbocycles. The minimum absolute atomic E-state index is 0.0213. The number of amides is 2. The van der Waals surface area contributed by atoms with Gasteiger partial charge in [-0.15, -0.1) is 0 Å². The van der Waals surface area contributed by atoms with Crippen molar-refractivity contribution in [1.82, 2.24) is 10.4 Å². The number of nitrogens with zero attached hydrogens (tertiary/aromatic N) is 1. The van der Waals surface area contributed by atoms with Gasteiger partial charge >= 0.3 is 0 Å². The molecular weight excluding hydrogens is 340 g/mol. The highest BCUT2D eigenvalue weighted by molar-refractivity contribution is 6.15. The molecule has 2 unspecified atom stereocenters. The fourth-order valence-electron chi connectivity index (χ4n) is 4.78. The van der Waals surface area contributed by atoms with Gasteiger partial charge in [-0.25, -0.2) is 5.43 Å². The largest absolute Gasteiger partial charge is 0.360 e. The smallest absolute Gasteiger partial charge is 0.272 e. The summed E-state index contributed by atoms with van der Waals surface area (Å²) >= 11 is 0. The van der Waals surface area contributed by atoms with Crippen molar-refractivity contribution in [3.63, 3.8) is 0 Å². The Morgan fingerprint density at radius 3 is 2.81 bits per heavy atom. The fraction of sp³-hybridized carbons (Fsp3) is 0.476. The molecule has 3 atom stereocenters. The summed E-state index contributed by atoms with van der Waals surface area (Å²) in [7, 11) is 0. The first-order chi connectivity index (χ1) is 13.2. The predicted octanol–water partition coefficient (Wildman–Crippen LogP) is 3.79. The van der Waals surface area contributed by atoms with Crippen molar-refractivity contribution in [3.05, 3.63) is 29.5 Å². The van der Waals surface area contributed by atoms with Gasteiger partial charge in [0.05, 0.1) is 11.8 Å².